The quantitative estimate of drug-likeness (QED) is 0.698. The number of rotatable bonds is 7. The molecule has 0 aliphatic rings. The van der Waals surface area contributed by atoms with Crippen LogP contribution >= 0.6 is 24.0 Å². The van der Waals surface area contributed by atoms with Gasteiger partial charge in [0.15, 0.2) is 0 Å². The number of nitrogens with two attached hydrogens (primary N) is 1. The largest absolute Gasteiger partial charge is 0.417 e. The highest BCUT2D eigenvalue weighted by Gasteiger charge is 2.33. The van der Waals surface area contributed by atoms with Crippen molar-refractivity contribution < 1.29 is 18.0 Å². The average molecular weight is 359 g/mol. The first-order valence-electron chi connectivity index (χ1n) is 6.71. The Morgan fingerprint density at radius 1 is 1.18 bits per heavy atom. The topological polar surface area (TPSA) is 55.1 Å². The van der Waals surface area contributed by atoms with Gasteiger partial charge in [-0.1, -0.05) is 24.4 Å². The maximum absolute atomic E-state index is 12.7. The summed E-state index contributed by atoms with van der Waals surface area (Å²) in [5, 5.41) is 2.06. The third-order valence-corrected chi connectivity index (χ3v) is 3.24. The van der Waals surface area contributed by atoms with Crippen molar-refractivity contribution in [1.82, 2.24) is 0 Å². The molecule has 1 amide bonds. The summed E-state index contributed by atoms with van der Waals surface area (Å²) in [5.74, 6) is -0.307. The van der Waals surface area contributed by atoms with E-state index in [4.69, 9.17) is 17.3 Å². The van der Waals surface area contributed by atoms with Crippen molar-refractivity contribution in [3.63, 3.8) is 0 Å². The molecular weight excluding hydrogens is 340 g/mol. The summed E-state index contributed by atoms with van der Waals surface area (Å²) in [5.41, 5.74) is 4.49. The molecule has 0 aliphatic carbocycles. The number of anilines is 1. The van der Waals surface area contributed by atoms with Crippen LogP contribution in [-0.4, -0.2) is 12.5 Å². The van der Waals surface area contributed by atoms with Crippen molar-refractivity contribution in [3.05, 3.63) is 28.8 Å². The summed E-state index contributed by atoms with van der Waals surface area (Å²) in [6.45, 7) is 0.622. The van der Waals surface area contributed by atoms with Crippen molar-refractivity contribution in [2.75, 3.05) is 11.9 Å². The lowest BCUT2D eigenvalue weighted by Gasteiger charge is -2.11. The van der Waals surface area contributed by atoms with Crippen LogP contribution < -0.4 is 11.1 Å². The number of hydrogen-bond donors (Lipinski definition) is 2. The van der Waals surface area contributed by atoms with Crippen LogP contribution in [0.2, 0.25) is 5.02 Å². The molecule has 1 aromatic rings. The Balaban J connectivity index is 0.00000441. The molecule has 22 heavy (non-hydrogen) atoms. The molecule has 0 heterocycles. The molecular formula is C14H19Cl2F3N2O. The zero-order chi connectivity index (χ0) is 15.9. The number of halogens is 5. The summed E-state index contributed by atoms with van der Waals surface area (Å²) in [6.07, 6.45) is -0.851. The Kier molecular flexibility index (Phi) is 9.48. The molecule has 0 saturated heterocycles. The van der Waals surface area contributed by atoms with Crippen LogP contribution in [0, 0.1) is 0 Å². The molecule has 0 saturated carbocycles. The SMILES string of the molecule is Cl.NCCCCCCC(=O)Nc1ccc(Cl)c(C(F)(F)F)c1. The number of carbonyl (C=O) groups is 1. The standard InChI is InChI=1S/C14H18ClF3N2O.ClH/c15-12-7-6-10(9-11(12)14(16,17)18)20-13(21)5-3-1-2-4-8-19;/h6-7,9H,1-5,8,19H2,(H,20,21);1H. The van der Waals surface area contributed by atoms with Crippen molar-refractivity contribution in [2.45, 2.75) is 38.3 Å². The van der Waals surface area contributed by atoms with Gasteiger partial charge in [-0.25, -0.2) is 0 Å². The van der Waals surface area contributed by atoms with Crippen LogP contribution in [0.15, 0.2) is 18.2 Å². The minimum absolute atomic E-state index is 0. The van der Waals surface area contributed by atoms with Crippen LogP contribution in [0.5, 0.6) is 0 Å². The number of amides is 1. The summed E-state index contributed by atoms with van der Waals surface area (Å²) in [4.78, 5) is 11.6. The van der Waals surface area contributed by atoms with Gasteiger partial charge in [0.25, 0.3) is 0 Å². The van der Waals surface area contributed by atoms with E-state index in [0.29, 0.717) is 13.0 Å². The van der Waals surface area contributed by atoms with E-state index in [9.17, 15) is 18.0 Å². The smallest absolute Gasteiger partial charge is 0.330 e. The third kappa shape index (κ3) is 7.33. The molecule has 0 unspecified atom stereocenters. The first kappa shape index (κ1) is 21.0. The fourth-order valence-corrected chi connectivity index (χ4v) is 2.05. The Bertz CT molecular complexity index is 482. The molecule has 8 heteroatoms. The maximum Gasteiger partial charge on any atom is 0.417 e. The number of unbranched alkanes of at least 4 members (excludes halogenated alkanes) is 3. The highest BCUT2D eigenvalue weighted by atomic mass is 35.5. The fraction of sp³-hybridized carbons (Fsp3) is 0.500. The van der Waals surface area contributed by atoms with Crippen LogP contribution in [0.4, 0.5) is 18.9 Å². The second-order valence-corrected chi connectivity index (χ2v) is 5.10. The van der Waals surface area contributed by atoms with Crippen molar-refractivity contribution >= 4 is 35.6 Å². The molecule has 0 aliphatic heterocycles. The predicted octanol–water partition coefficient (Wildman–Crippen LogP) is 4.63. The minimum Gasteiger partial charge on any atom is -0.330 e. The van der Waals surface area contributed by atoms with E-state index in [2.05, 4.69) is 5.32 Å². The Morgan fingerprint density at radius 3 is 2.41 bits per heavy atom. The zero-order valence-corrected chi connectivity index (χ0v) is 13.5. The zero-order valence-electron chi connectivity index (χ0n) is 11.9. The molecule has 3 nitrogen and oxygen atoms in total. The van der Waals surface area contributed by atoms with Gasteiger partial charge in [-0.05, 0) is 37.6 Å². The lowest BCUT2D eigenvalue weighted by molar-refractivity contribution is -0.137. The monoisotopic (exact) mass is 358 g/mol. The van der Waals surface area contributed by atoms with E-state index in [0.717, 1.165) is 31.4 Å². The molecule has 0 bridgehead atoms. The second kappa shape index (κ2) is 9.92. The second-order valence-electron chi connectivity index (χ2n) is 4.69. The van der Waals surface area contributed by atoms with Gasteiger partial charge in [-0.15, -0.1) is 12.4 Å². The van der Waals surface area contributed by atoms with Crippen LogP contribution in [0.25, 0.3) is 0 Å². The van der Waals surface area contributed by atoms with Gasteiger partial charge < -0.3 is 11.1 Å². The lowest BCUT2D eigenvalue weighted by atomic mass is 10.1. The van der Waals surface area contributed by atoms with Crippen molar-refractivity contribution in [1.29, 1.82) is 0 Å². The van der Waals surface area contributed by atoms with Gasteiger partial charge in [-0.3, -0.25) is 4.79 Å². The molecule has 0 atom stereocenters. The summed E-state index contributed by atoms with van der Waals surface area (Å²) < 4.78 is 38.0. The molecule has 0 fully saturated rings. The van der Waals surface area contributed by atoms with Gasteiger partial charge >= 0.3 is 6.18 Å². The van der Waals surface area contributed by atoms with Crippen molar-refractivity contribution in [3.8, 4) is 0 Å². The van der Waals surface area contributed by atoms with E-state index >= 15 is 0 Å². The third-order valence-electron chi connectivity index (χ3n) is 2.91. The van der Waals surface area contributed by atoms with E-state index in [1.54, 1.807) is 0 Å². The number of carbonyl (C=O) groups excluding carboxylic acids is 1. The van der Waals surface area contributed by atoms with E-state index in [1.165, 1.54) is 6.07 Å². The average Bonchev–Trinajstić information content (AvgIpc) is 2.39. The number of hydrogen-bond acceptors (Lipinski definition) is 2. The minimum atomic E-state index is -4.54. The summed E-state index contributed by atoms with van der Waals surface area (Å²) >= 11 is 5.51. The molecule has 1 aromatic carbocycles. The molecule has 126 valence electrons. The molecule has 0 aromatic heterocycles. The van der Waals surface area contributed by atoms with Gasteiger partial charge in [-0.2, -0.15) is 13.2 Å². The van der Waals surface area contributed by atoms with E-state index in [-0.39, 0.29) is 35.4 Å². The Labute approximate surface area is 138 Å². The molecule has 0 spiro atoms. The van der Waals surface area contributed by atoms with E-state index in [1.807, 2.05) is 0 Å². The summed E-state index contributed by atoms with van der Waals surface area (Å²) in [7, 11) is 0. The van der Waals surface area contributed by atoms with Gasteiger partial charge in [0.05, 0.1) is 10.6 Å². The predicted molar refractivity (Wildman–Crippen MR) is 84.5 cm³/mol. The molecule has 0 radical (unpaired) electrons. The summed E-state index contributed by atoms with van der Waals surface area (Å²) in [6, 6.07) is 3.32. The number of alkyl halides is 3. The Morgan fingerprint density at radius 2 is 1.82 bits per heavy atom. The van der Waals surface area contributed by atoms with Crippen LogP contribution in [0.3, 0.4) is 0 Å². The highest BCUT2D eigenvalue weighted by Crippen LogP contribution is 2.36. The van der Waals surface area contributed by atoms with Crippen LogP contribution in [0.1, 0.15) is 37.7 Å². The normalized spacial score (nSPS) is 11.0. The number of nitrogens with one attached hydrogen (secondary N) is 1. The molecule has 3 N–H and O–H groups in total. The molecule has 1 rings (SSSR count). The van der Waals surface area contributed by atoms with Gasteiger partial charge in [0, 0.05) is 12.1 Å². The highest BCUT2D eigenvalue weighted by molar-refractivity contribution is 6.31. The van der Waals surface area contributed by atoms with Gasteiger partial charge in [0.2, 0.25) is 5.91 Å². The van der Waals surface area contributed by atoms with Crippen molar-refractivity contribution in [2.24, 2.45) is 5.73 Å². The maximum atomic E-state index is 12.7. The Hall–Kier alpha value is -0.980. The fourth-order valence-electron chi connectivity index (χ4n) is 1.83. The first-order valence-corrected chi connectivity index (χ1v) is 7.09. The lowest BCUT2D eigenvalue weighted by Crippen LogP contribution is -2.13. The first-order chi connectivity index (χ1) is 9.84. The van der Waals surface area contributed by atoms with Crippen LogP contribution in [-0.2, 0) is 11.0 Å². The number of benzene rings is 1. The van der Waals surface area contributed by atoms with E-state index < -0.39 is 11.7 Å². The van der Waals surface area contributed by atoms with Gasteiger partial charge in [0.1, 0.15) is 0 Å².